The van der Waals surface area contributed by atoms with Crippen molar-refractivity contribution in [3.05, 3.63) is 36.7 Å². The van der Waals surface area contributed by atoms with E-state index in [4.69, 9.17) is 4.74 Å². The SMILES string of the molecule is O=C([C@@H]1CC=CCC1)N1[C@H]2CC[C@H]1CC(Oc1cccnc1)C2. The fourth-order valence-electron chi connectivity index (χ4n) is 4.42. The summed E-state index contributed by atoms with van der Waals surface area (Å²) in [6.07, 6.45) is 15.3. The molecule has 1 aliphatic carbocycles. The molecular weight excluding hydrogens is 288 g/mol. The van der Waals surface area contributed by atoms with Gasteiger partial charge in [-0.2, -0.15) is 0 Å². The van der Waals surface area contributed by atoms with Gasteiger partial charge in [0.2, 0.25) is 5.91 Å². The molecule has 0 aromatic carbocycles. The molecule has 1 amide bonds. The van der Waals surface area contributed by atoms with Gasteiger partial charge in [0.1, 0.15) is 11.9 Å². The van der Waals surface area contributed by atoms with Gasteiger partial charge in [0.25, 0.3) is 0 Å². The van der Waals surface area contributed by atoms with Crippen molar-refractivity contribution in [3.8, 4) is 5.75 Å². The van der Waals surface area contributed by atoms with Crippen LogP contribution >= 0.6 is 0 Å². The van der Waals surface area contributed by atoms with Crippen LogP contribution in [-0.2, 0) is 4.79 Å². The number of ether oxygens (including phenoxy) is 1. The Balaban J connectivity index is 1.41. The molecule has 3 heterocycles. The van der Waals surface area contributed by atoms with Gasteiger partial charge >= 0.3 is 0 Å². The highest BCUT2D eigenvalue weighted by atomic mass is 16.5. The summed E-state index contributed by atoms with van der Waals surface area (Å²) in [5.74, 6) is 1.44. The van der Waals surface area contributed by atoms with Gasteiger partial charge in [0.15, 0.2) is 0 Å². The highest BCUT2D eigenvalue weighted by molar-refractivity contribution is 5.80. The van der Waals surface area contributed by atoms with Crippen LogP contribution in [0.15, 0.2) is 36.7 Å². The van der Waals surface area contributed by atoms with Crippen molar-refractivity contribution in [2.24, 2.45) is 5.92 Å². The number of hydrogen-bond acceptors (Lipinski definition) is 3. The molecule has 0 saturated carbocycles. The van der Waals surface area contributed by atoms with Crippen LogP contribution in [0, 0.1) is 5.92 Å². The minimum absolute atomic E-state index is 0.207. The predicted molar refractivity (Wildman–Crippen MR) is 88.0 cm³/mol. The van der Waals surface area contributed by atoms with Gasteiger partial charge in [0, 0.05) is 37.0 Å². The Kier molecular flexibility index (Phi) is 4.06. The van der Waals surface area contributed by atoms with Gasteiger partial charge in [-0.3, -0.25) is 9.78 Å². The van der Waals surface area contributed by atoms with Crippen molar-refractivity contribution in [1.29, 1.82) is 0 Å². The molecule has 2 aliphatic heterocycles. The fourth-order valence-corrected chi connectivity index (χ4v) is 4.42. The zero-order valence-electron chi connectivity index (χ0n) is 13.4. The summed E-state index contributed by atoms with van der Waals surface area (Å²) in [5, 5.41) is 0. The summed E-state index contributed by atoms with van der Waals surface area (Å²) >= 11 is 0. The first kappa shape index (κ1) is 14.7. The predicted octanol–water partition coefficient (Wildman–Crippen LogP) is 3.34. The Bertz CT molecular complexity index is 572. The van der Waals surface area contributed by atoms with E-state index in [0.717, 1.165) is 50.7 Å². The van der Waals surface area contributed by atoms with Crippen molar-refractivity contribution in [1.82, 2.24) is 9.88 Å². The molecule has 2 fully saturated rings. The highest BCUT2D eigenvalue weighted by Gasteiger charge is 2.45. The van der Waals surface area contributed by atoms with Crippen LogP contribution in [0.5, 0.6) is 5.75 Å². The van der Waals surface area contributed by atoms with Crippen LogP contribution in [0.4, 0.5) is 0 Å². The second kappa shape index (κ2) is 6.34. The van der Waals surface area contributed by atoms with Gasteiger partial charge in [-0.1, -0.05) is 12.2 Å². The zero-order chi connectivity index (χ0) is 15.6. The van der Waals surface area contributed by atoms with Gasteiger partial charge in [-0.15, -0.1) is 0 Å². The monoisotopic (exact) mass is 312 g/mol. The number of aromatic nitrogens is 1. The van der Waals surface area contributed by atoms with Gasteiger partial charge < -0.3 is 9.64 Å². The molecule has 23 heavy (non-hydrogen) atoms. The fraction of sp³-hybridized carbons (Fsp3) is 0.579. The van der Waals surface area contributed by atoms with E-state index >= 15 is 0 Å². The lowest BCUT2D eigenvalue weighted by atomic mass is 9.90. The average Bonchev–Trinajstić information content (AvgIpc) is 2.87. The van der Waals surface area contributed by atoms with Crippen LogP contribution in [0.1, 0.15) is 44.9 Å². The first-order valence-corrected chi connectivity index (χ1v) is 8.85. The molecule has 0 unspecified atom stereocenters. The van der Waals surface area contributed by atoms with E-state index in [1.165, 1.54) is 0 Å². The third kappa shape index (κ3) is 2.99. The van der Waals surface area contributed by atoms with E-state index in [-0.39, 0.29) is 12.0 Å². The van der Waals surface area contributed by atoms with Crippen molar-refractivity contribution in [3.63, 3.8) is 0 Å². The number of pyridine rings is 1. The molecule has 1 aromatic rings. The summed E-state index contributed by atoms with van der Waals surface area (Å²) in [4.78, 5) is 19.2. The molecule has 4 nitrogen and oxygen atoms in total. The molecule has 3 atom stereocenters. The van der Waals surface area contributed by atoms with Crippen LogP contribution in [0.3, 0.4) is 0 Å². The van der Waals surface area contributed by atoms with E-state index in [0.29, 0.717) is 18.0 Å². The molecular formula is C19H24N2O2. The molecule has 2 saturated heterocycles. The molecule has 122 valence electrons. The summed E-state index contributed by atoms with van der Waals surface area (Å²) in [6, 6.07) is 4.60. The summed E-state index contributed by atoms with van der Waals surface area (Å²) in [5.41, 5.74) is 0. The van der Waals surface area contributed by atoms with Crippen LogP contribution in [-0.4, -0.2) is 34.0 Å². The highest BCUT2D eigenvalue weighted by Crippen LogP contribution is 2.39. The molecule has 0 N–H and O–H groups in total. The first-order valence-electron chi connectivity index (χ1n) is 8.85. The minimum Gasteiger partial charge on any atom is -0.489 e. The van der Waals surface area contributed by atoms with Crippen molar-refractivity contribution in [2.45, 2.75) is 63.1 Å². The number of nitrogens with zero attached hydrogens (tertiary/aromatic N) is 2. The van der Waals surface area contributed by atoms with E-state index in [1.54, 1.807) is 12.4 Å². The molecule has 4 rings (SSSR count). The summed E-state index contributed by atoms with van der Waals surface area (Å²) < 4.78 is 6.10. The second-order valence-electron chi connectivity index (χ2n) is 7.01. The lowest BCUT2D eigenvalue weighted by Gasteiger charge is -2.40. The van der Waals surface area contributed by atoms with Crippen LogP contribution in [0.25, 0.3) is 0 Å². The van der Waals surface area contributed by atoms with Crippen molar-refractivity contribution >= 4 is 5.91 Å². The molecule has 0 spiro atoms. The van der Waals surface area contributed by atoms with Crippen LogP contribution in [0.2, 0.25) is 0 Å². The number of piperidine rings is 1. The Labute approximate surface area is 137 Å². The van der Waals surface area contributed by atoms with Gasteiger partial charge in [-0.05, 0) is 44.2 Å². The van der Waals surface area contributed by atoms with Crippen LogP contribution < -0.4 is 4.74 Å². The Hall–Kier alpha value is -1.84. The topological polar surface area (TPSA) is 42.4 Å². The summed E-state index contributed by atoms with van der Waals surface area (Å²) in [6.45, 7) is 0. The Morgan fingerprint density at radius 1 is 1.17 bits per heavy atom. The minimum atomic E-state index is 0.207. The average molecular weight is 312 g/mol. The molecule has 2 bridgehead atoms. The van der Waals surface area contributed by atoms with E-state index in [1.807, 2.05) is 12.1 Å². The van der Waals surface area contributed by atoms with E-state index < -0.39 is 0 Å². The maximum atomic E-state index is 12.9. The number of allylic oxidation sites excluding steroid dienone is 2. The molecule has 1 aromatic heterocycles. The third-order valence-corrected chi connectivity index (χ3v) is 5.50. The van der Waals surface area contributed by atoms with Gasteiger partial charge in [0.05, 0.1) is 6.20 Å². The largest absolute Gasteiger partial charge is 0.489 e. The zero-order valence-corrected chi connectivity index (χ0v) is 13.4. The van der Waals surface area contributed by atoms with E-state index in [9.17, 15) is 4.79 Å². The first-order chi connectivity index (χ1) is 11.3. The number of hydrogen-bond donors (Lipinski definition) is 0. The number of rotatable bonds is 3. The van der Waals surface area contributed by atoms with Gasteiger partial charge in [-0.25, -0.2) is 0 Å². The quantitative estimate of drug-likeness (QED) is 0.804. The normalized spacial score (nSPS) is 32.8. The lowest BCUT2D eigenvalue weighted by molar-refractivity contribution is -0.141. The van der Waals surface area contributed by atoms with Crippen molar-refractivity contribution in [2.75, 3.05) is 0 Å². The number of carbonyl (C=O) groups is 1. The number of carbonyl (C=O) groups excluding carboxylic acids is 1. The maximum Gasteiger partial charge on any atom is 0.226 e. The lowest BCUT2D eigenvalue weighted by Crippen LogP contribution is -2.51. The Morgan fingerprint density at radius 2 is 2.00 bits per heavy atom. The maximum absolute atomic E-state index is 12.9. The number of fused-ring (bicyclic) bond motifs is 2. The number of amides is 1. The Morgan fingerprint density at radius 3 is 2.65 bits per heavy atom. The molecule has 0 radical (unpaired) electrons. The smallest absolute Gasteiger partial charge is 0.226 e. The molecule has 4 heteroatoms. The standard InChI is InChI=1S/C19H24N2O2/c22-19(14-5-2-1-3-6-14)21-15-8-9-16(21)12-18(11-15)23-17-7-4-10-20-13-17/h1-2,4,7,10,13-16,18H,3,5-6,8-9,11-12H2/t14-,15+,16+/m1/s1. The third-order valence-electron chi connectivity index (χ3n) is 5.50. The molecule has 3 aliphatic rings. The summed E-state index contributed by atoms with van der Waals surface area (Å²) in [7, 11) is 0. The second-order valence-corrected chi connectivity index (χ2v) is 7.01. The van der Waals surface area contributed by atoms with E-state index in [2.05, 4.69) is 22.0 Å². The van der Waals surface area contributed by atoms with Crippen molar-refractivity contribution < 1.29 is 9.53 Å².